The fraction of sp³-hybridized carbons (Fsp3) is 0.273. The maximum absolute atomic E-state index is 13.5. The van der Waals surface area contributed by atoms with Crippen molar-refractivity contribution in [2.24, 2.45) is 0 Å². The van der Waals surface area contributed by atoms with Gasteiger partial charge in [-0.2, -0.15) is 5.26 Å². The molecule has 102 valence electrons. The summed E-state index contributed by atoms with van der Waals surface area (Å²) >= 11 is 0. The predicted octanol–water partition coefficient (Wildman–Crippen LogP) is 1.00. The average molecular weight is 286 g/mol. The molecule has 6 nitrogen and oxygen atoms in total. The number of carbonyl (C=O) groups is 1. The highest BCUT2D eigenvalue weighted by molar-refractivity contribution is 7.94. The normalized spacial score (nSPS) is 12.3. The van der Waals surface area contributed by atoms with Gasteiger partial charge in [-0.3, -0.25) is 9.52 Å². The van der Waals surface area contributed by atoms with E-state index in [1.807, 2.05) is 4.72 Å². The first-order valence-corrected chi connectivity index (χ1v) is 6.65. The third-order valence-electron chi connectivity index (χ3n) is 2.35. The van der Waals surface area contributed by atoms with Crippen LogP contribution < -0.4 is 4.72 Å². The minimum absolute atomic E-state index is 0.0569. The molecular formula is C11H11FN2O4S. The number of halogens is 1. The number of carbonyl (C=O) groups excluding carboxylic acids is 1. The molecule has 8 heteroatoms. The van der Waals surface area contributed by atoms with Gasteiger partial charge in [-0.1, -0.05) is 0 Å². The minimum atomic E-state index is -4.11. The second-order valence-corrected chi connectivity index (χ2v) is 5.62. The lowest BCUT2D eigenvalue weighted by Crippen LogP contribution is -2.33. The van der Waals surface area contributed by atoms with Crippen LogP contribution in [-0.4, -0.2) is 26.7 Å². The maximum Gasteiger partial charge on any atom is 0.325 e. The van der Waals surface area contributed by atoms with Gasteiger partial charge in [0.05, 0.1) is 24.4 Å². The highest BCUT2D eigenvalue weighted by Gasteiger charge is 2.29. The Bertz CT molecular complexity index is 637. The Hall–Kier alpha value is -2.14. The topological polar surface area (TPSA) is 96.3 Å². The van der Waals surface area contributed by atoms with Crippen molar-refractivity contribution in [3.05, 3.63) is 29.6 Å². The van der Waals surface area contributed by atoms with E-state index in [9.17, 15) is 17.6 Å². The minimum Gasteiger partial charge on any atom is -0.468 e. The monoisotopic (exact) mass is 286 g/mol. The zero-order valence-corrected chi connectivity index (χ0v) is 11.0. The van der Waals surface area contributed by atoms with E-state index in [0.717, 1.165) is 26.2 Å². The molecule has 0 aliphatic rings. The highest BCUT2D eigenvalue weighted by Crippen LogP contribution is 2.18. The summed E-state index contributed by atoms with van der Waals surface area (Å²) in [6, 6.07) is 4.97. The molecule has 0 fully saturated rings. The molecule has 0 radical (unpaired) electrons. The molecule has 1 unspecified atom stereocenters. The van der Waals surface area contributed by atoms with Crippen LogP contribution in [0.1, 0.15) is 12.5 Å². The molecule has 1 aromatic rings. The third-order valence-corrected chi connectivity index (χ3v) is 3.98. The van der Waals surface area contributed by atoms with Gasteiger partial charge in [0.1, 0.15) is 5.82 Å². The van der Waals surface area contributed by atoms with Gasteiger partial charge in [-0.25, -0.2) is 12.8 Å². The van der Waals surface area contributed by atoms with Gasteiger partial charge in [0, 0.05) is 0 Å². The summed E-state index contributed by atoms with van der Waals surface area (Å²) < 4.78 is 43.3. The number of nitrogens with one attached hydrogen (secondary N) is 1. The number of hydrogen-bond acceptors (Lipinski definition) is 5. The van der Waals surface area contributed by atoms with Crippen LogP contribution in [0.5, 0.6) is 0 Å². The van der Waals surface area contributed by atoms with Crippen molar-refractivity contribution in [2.75, 3.05) is 11.8 Å². The molecule has 0 saturated carbocycles. The molecule has 1 aromatic carbocycles. The number of nitrogens with zero attached hydrogens (tertiary/aromatic N) is 1. The molecule has 1 rings (SSSR count). The fourth-order valence-corrected chi connectivity index (χ4v) is 2.20. The molecule has 1 atom stereocenters. The van der Waals surface area contributed by atoms with Gasteiger partial charge in [0.2, 0.25) is 10.0 Å². The van der Waals surface area contributed by atoms with E-state index in [-0.39, 0.29) is 11.3 Å². The smallest absolute Gasteiger partial charge is 0.325 e. The number of esters is 1. The van der Waals surface area contributed by atoms with Crippen molar-refractivity contribution >= 4 is 21.7 Å². The van der Waals surface area contributed by atoms with Crippen LogP contribution in [0, 0.1) is 17.1 Å². The Morgan fingerprint density at radius 3 is 2.63 bits per heavy atom. The molecule has 0 heterocycles. The zero-order chi connectivity index (χ0) is 14.6. The summed E-state index contributed by atoms with van der Waals surface area (Å²) in [7, 11) is -3.06. The predicted molar refractivity (Wildman–Crippen MR) is 65.1 cm³/mol. The highest BCUT2D eigenvalue weighted by atomic mass is 32.2. The van der Waals surface area contributed by atoms with Crippen molar-refractivity contribution < 1.29 is 22.3 Å². The SMILES string of the molecule is COC(=O)C(C)S(=O)(=O)Nc1ccc(C#N)cc1F. The van der Waals surface area contributed by atoms with Gasteiger partial charge in [-0.05, 0) is 25.1 Å². The lowest BCUT2D eigenvalue weighted by Gasteiger charge is -2.13. The van der Waals surface area contributed by atoms with Crippen LogP contribution in [0.25, 0.3) is 0 Å². The molecule has 0 saturated heterocycles. The summed E-state index contributed by atoms with van der Waals surface area (Å²) in [6.45, 7) is 1.12. The van der Waals surface area contributed by atoms with E-state index in [4.69, 9.17) is 5.26 Å². The molecule has 0 bridgehead atoms. The molecule has 0 aliphatic heterocycles. The van der Waals surface area contributed by atoms with Crippen LogP contribution in [0.4, 0.5) is 10.1 Å². The second-order valence-electron chi connectivity index (χ2n) is 3.62. The van der Waals surface area contributed by atoms with Crippen LogP contribution >= 0.6 is 0 Å². The molecule has 1 N–H and O–H groups in total. The third kappa shape index (κ3) is 3.42. The Morgan fingerprint density at radius 1 is 1.53 bits per heavy atom. The van der Waals surface area contributed by atoms with Crippen LogP contribution in [0.15, 0.2) is 18.2 Å². The number of benzene rings is 1. The zero-order valence-electron chi connectivity index (χ0n) is 10.2. The Balaban J connectivity index is 3.03. The average Bonchev–Trinajstić information content (AvgIpc) is 2.39. The van der Waals surface area contributed by atoms with Crippen LogP contribution in [-0.2, 0) is 19.6 Å². The summed E-state index contributed by atoms with van der Waals surface area (Å²) in [5.41, 5.74) is -0.281. The largest absolute Gasteiger partial charge is 0.468 e. The molecule has 0 aliphatic carbocycles. The maximum atomic E-state index is 13.5. The number of anilines is 1. The van der Waals surface area contributed by atoms with Crippen molar-refractivity contribution in [1.29, 1.82) is 5.26 Å². The fourth-order valence-electron chi connectivity index (χ4n) is 1.20. The van der Waals surface area contributed by atoms with Crippen molar-refractivity contribution in [1.82, 2.24) is 0 Å². The first-order valence-electron chi connectivity index (χ1n) is 5.11. The van der Waals surface area contributed by atoms with Gasteiger partial charge in [-0.15, -0.1) is 0 Å². The first kappa shape index (κ1) is 14.9. The van der Waals surface area contributed by atoms with Crippen molar-refractivity contribution in [2.45, 2.75) is 12.2 Å². The summed E-state index contributed by atoms with van der Waals surface area (Å²) in [5.74, 6) is -1.86. The van der Waals surface area contributed by atoms with E-state index in [0.29, 0.717) is 0 Å². The standard InChI is InChI=1S/C11H11FN2O4S/c1-7(11(15)18-2)19(16,17)14-10-4-3-8(6-13)5-9(10)12/h3-5,7,14H,1-2H3. The van der Waals surface area contributed by atoms with Gasteiger partial charge in [0.25, 0.3) is 0 Å². The lowest BCUT2D eigenvalue weighted by molar-refractivity contribution is -0.139. The van der Waals surface area contributed by atoms with E-state index in [1.54, 1.807) is 6.07 Å². The summed E-state index contributed by atoms with van der Waals surface area (Å²) in [5, 5.41) is 7.08. The quantitative estimate of drug-likeness (QED) is 0.833. The van der Waals surface area contributed by atoms with Gasteiger partial charge in [0.15, 0.2) is 5.25 Å². The Labute approximate surface area is 109 Å². The number of nitriles is 1. The van der Waals surface area contributed by atoms with Crippen molar-refractivity contribution in [3.63, 3.8) is 0 Å². The van der Waals surface area contributed by atoms with E-state index in [2.05, 4.69) is 4.74 Å². The molecular weight excluding hydrogens is 275 g/mol. The van der Waals surface area contributed by atoms with E-state index in [1.165, 1.54) is 6.07 Å². The number of rotatable bonds is 4. The van der Waals surface area contributed by atoms with E-state index >= 15 is 0 Å². The lowest BCUT2D eigenvalue weighted by atomic mass is 10.2. The summed E-state index contributed by atoms with van der Waals surface area (Å²) in [4.78, 5) is 11.2. The summed E-state index contributed by atoms with van der Waals surface area (Å²) in [6.07, 6.45) is 0. The number of ether oxygens (including phenoxy) is 1. The molecule has 0 aromatic heterocycles. The number of sulfonamides is 1. The van der Waals surface area contributed by atoms with Gasteiger partial charge < -0.3 is 4.74 Å². The number of methoxy groups -OCH3 is 1. The Kier molecular flexibility index (Phi) is 4.45. The molecule has 19 heavy (non-hydrogen) atoms. The first-order chi connectivity index (χ1) is 8.81. The molecule has 0 amide bonds. The van der Waals surface area contributed by atoms with Crippen LogP contribution in [0.3, 0.4) is 0 Å². The van der Waals surface area contributed by atoms with Crippen LogP contribution in [0.2, 0.25) is 0 Å². The Morgan fingerprint density at radius 2 is 2.16 bits per heavy atom. The van der Waals surface area contributed by atoms with E-state index < -0.39 is 27.1 Å². The second kappa shape index (κ2) is 5.67. The number of hydrogen-bond donors (Lipinski definition) is 1. The van der Waals surface area contributed by atoms with Crippen molar-refractivity contribution in [3.8, 4) is 6.07 Å². The molecule has 0 spiro atoms. The van der Waals surface area contributed by atoms with Gasteiger partial charge >= 0.3 is 5.97 Å².